The van der Waals surface area contributed by atoms with Gasteiger partial charge in [-0.2, -0.15) is 0 Å². The molecule has 1 atom stereocenters. The number of fused-ring (bicyclic) bond motifs is 1. The van der Waals surface area contributed by atoms with E-state index in [2.05, 4.69) is 16.8 Å². The average Bonchev–Trinajstić information content (AvgIpc) is 2.53. The molecule has 0 aliphatic carbocycles. The Morgan fingerprint density at radius 1 is 1.44 bits per heavy atom. The second-order valence-corrected chi connectivity index (χ2v) is 4.88. The fourth-order valence-electron chi connectivity index (χ4n) is 2.02. The van der Waals surface area contributed by atoms with Crippen molar-refractivity contribution in [1.82, 2.24) is 4.57 Å². The van der Waals surface area contributed by atoms with Gasteiger partial charge in [0.15, 0.2) is 0 Å². The van der Waals surface area contributed by atoms with Crippen molar-refractivity contribution in [1.29, 1.82) is 0 Å². The van der Waals surface area contributed by atoms with Gasteiger partial charge in [-0.05, 0) is 37.5 Å². The van der Waals surface area contributed by atoms with Gasteiger partial charge in [0.2, 0.25) is 0 Å². The van der Waals surface area contributed by atoms with E-state index in [4.69, 9.17) is 17.3 Å². The van der Waals surface area contributed by atoms with E-state index in [-0.39, 0.29) is 6.04 Å². The average molecular weight is 237 g/mol. The number of aromatic nitrogens is 1. The highest BCUT2D eigenvalue weighted by Gasteiger charge is 2.07. The van der Waals surface area contributed by atoms with E-state index >= 15 is 0 Å². The lowest BCUT2D eigenvalue weighted by Crippen LogP contribution is -2.15. The fourth-order valence-corrected chi connectivity index (χ4v) is 2.19. The summed E-state index contributed by atoms with van der Waals surface area (Å²) in [5, 5.41) is 2.07. The molecule has 2 N–H and O–H groups in total. The zero-order valence-electron chi connectivity index (χ0n) is 9.70. The zero-order chi connectivity index (χ0) is 11.7. The van der Waals surface area contributed by atoms with Crippen LogP contribution in [0.5, 0.6) is 0 Å². The van der Waals surface area contributed by atoms with Gasteiger partial charge in [0.1, 0.15) is 0 Å². The molecule has 0 spiro atoms. The minimum Gasteiger partial charge on any atom is -0.350 e. The van der Waals surface area contributed by atoms with Crippen LogP contribution in [-0.4, -0.2) is 10.6 Å². The Labute approximate surface area is 101 Å². The number of benzene rings is 1. The van der Waals surface area contributed by atoms with Crippen molar-refractivity contribution < 1.29 is 0 Å². The van der Waals surface area contributed by atoms with E-state index in [0.29, 0.717) is 0 Å². The first kappa shape index (κ1) is 11.5. The molecule has 0 fully saturated rings. The molecular weight excluding hydrogens is 220 g/mol. The molecular formula is C13H17ClN2. The predicted octanol–water partition coefficient (Wildman–Crippen LogP) is 3.11. The van der Waals surface area contributed by atoms with Gasteiger partial charge in [0.05, 0.1) is 0 Å². The molecule has 1 heterocycles. The molecule has 0 bridgehead atoms. The molecule has 3 heteroatoms. The van der Waals surface area contributed by atoms with Crippen LogP contribution in [0.15, 0.2) is 24.4 Å². The summed E-state index contributed by atoms with van der Waals surface area (Å²) in [6.07, 6.45) is 4.21. The number of aryl methyl sites for hydroxylation is 2. The largest absolute Gasteiger partial charge is 0.350 e. The van der Waals surface area contributed by atoms with Crippen LogP contribution in [0, 0.1) is 0 Å². The van der Waals surface area contributed by atoms with E-state index in [9.17, 15) is 0 Å². The lowest BCUT2D eigenvalue weighted by Gasteiger charge is -2.03. The van der Waals surface area contributed by atoms with Crippen molar-refractivity contribution in [2.45, 2.75) is 25.8 Å². The summed E-state index contributed by atoms with van der Waals surface area (Å²) in [4.78, 5) is 0. The van der Waals surface area contributed by atoms with Crippen molar-refractivity contribution in [3.05, 3.63) is 35.0 Å². The fraction of sp³-hybridized carbons (Fsp3) is 0.385. The van der Waals surface area contributed by atoms with Crippen LogP contribution < -0.4 is 5.73 Å². The van der Waals surface area contributed by atoms with Gasteiger partial charge in [-0.1, -0.05) is 17.7 Å². The smallest absolute Gasteiger partial charge is 0.0495 e. The molecule has 86 valence electrons. The normalized spacial score (nSPS) is 13.2. The summed E-state index contributed by atoms with van der Waals surface area (Å²) < 4.78 is 2.12. The van der Waals surface area contributed by atoms with E-state index in [0.717, 1.165) is 17.9 Å². The molecule has 0 aliphatic heterocycles. The number of nitrogens with zero attached hydrogens (tertiary/aromatic N) is 1. The maximum absolute atomic E-state index is 5.99. The first-order valence-corrected chi connectivity index (χ1v) is 5.95. The van der Waals surface area contributed by atoms with Crippen molar-refractivity contribution in [3.8, 4) is 0 Å². The Kier molecular flexibility index (Phi) is 3.22. The molecule has 1 aromatic carbocycles. The number of nitrogens with two attached hydrogens (primary N) is 1. The number of hydrogen-bond donors (Lipinski definition) is 1. The predicted molar refractivity (Wildman–Crippen MR) is 69.9 cm³/mol. The Hall–Kier alpha value is -0.990. The second kappa shape index (κ2) is 4.48. The van der Waals surface area contributed by atoms with Crippen LogP contribution in [0.2, 0.25) is 5.02 Å². The number of hydrogen-bond acceptors (Lipinski definition) is 1. The SMILES string of the molecule is C[C@@H](N)CCc1cn(C)c2cc(Cl)ccc12. The molecule has 1 aromatic heterocycles. The van der Waals surface area contributed by atoms with Gasteiger partial charge < -0.3 is 10.3 Å². The molecule has 2 nitrogen and oxygen atoms in total. The summed E-state index contributed by atoms with van der Waals surface area (Å²) in [6, 6.07) is 6.29. The lowest BCUT2D eigenvalue weighted by molar-refractivity contribution is 0.667. The molecule has 0 unspecified atom stereocenters. The van der Waals surface area contributed by atoms with Gasteiger partial charge in [-0.15, -0.1) is 0 Å². The minimum atomic E-state index is 0.252. The van der Waals surface area contributed by atoms with Crippen LogP contribution in [0.1, 0.15) is 18.9 Å². The van der Waals surface area contributed by atoms with Crippen molar-refractivity contribution >= 4 is 22.5 Å². The summed E-state index contributed by atoms with van der Waals surface area (Å²) >= 11 is 5.99. The summed E-state index contributed by atoms with van der Waals surface area (Å²) in [6.45, 7) is 2.04. The van der Waals surface area contributed by atoms with Crippen molar-refractivity contribution in [2.24, 2.45) is 12.8 Å². The Bertz CT molecular complexity index is 500. The van der Waals surface area contributed by atoms with Gasteiger partial charge in [0, 0.05) is 35.2 Å². The van der Waals surface area contributed by atoms with Crippen LogP contribution in [0.3, 0.4) is 0 Å². The number of halogens is 1. The summed E-state index contributed by atoms with van der Waals surface area (Å²) in [7, 11) is 2.05. The van der Waals surface area contributed by atoms with E-state index in [1.54, 1.807) is 0 Å². The summed E-state index contributed by atoms with van der Waals surface area (Å²) in [5.74, 6) is 0. The van der Waals surface area contributed by atoms with Crippen LogP contribution in [0.25, 0.3) is 10.9 Å². The third-order valence-electron chi connectivity index (χ3n) is 2.90. The molecule has 0 saturated carbocycles. The Morgan fingerprint density at radius 3 is 2.88 bits per heavy atom. The van der Waals surface area contributed by atoms with Gasteiger partial charge in [-0.3, -0.25) is 0 Å². The summed E-state index contributed by atoms with van der Waals surface area (Å²) in [5.41, 5.74) is 8.33. The molecule has 0 aliphatic rings. The maximum Gasteiger partial charge on any atom is 0.0495 e. The first-order chi connectivity index (χ1) is 7.58. The van der Waals surface area contributed by atoms with Crippen molar-refractivity contribution in [3.63, 3.8) is 0 Å². The van der Waals surface area contributed by atoms with E-state index in [1.165, 1.54) is 16.5 Å². The standard InChI is InChI=1S/C13H17ClN2/c1-9(15)3-4-10-8-16(2)13-7-11(14)5-6-12(10)13/h5-9H,3-4,15H2,1-2H3/t9-/m1/s1. The minimum absolute atomic E-state index is 0.252. The maximum atomic E-state index is 5.99. The topological polar surface area (TPSA) is 30.9 Å². The van der Waals surface area contributed by atoms with E-state index < -0.39 is 0 Å². The molecule has 2 aromatic rings. The highest BCUT2D eigenvalue weighted by atomic mass is 35.5. The highest BCUT2D eigenvalue weighted by molar-refractivity contribution is 6.31. The van der Waals surface area contributed by atoms with E-state index in [1.807, 2.05) is 26.1 Å². The zero-order valence-corrected chi connectivity index (χ0v) is 10.5. The first-order valence-electron chi connectivity index (χ1n) is 5.57. The lowest BCUT2D eigenvalue weighted by atomic mass is 10.1. The quantitative estimate of drug-likeness (QED) is 0.872. The second-order valence-electron chi connectivity index (χ2n) is 4.44. The molecule has 2 rings (SSSR count). The molecule has 16 heavy (non-hydrogen) atoms. The molecule has 0 radical (unpaired) electrons. The van der Waals surface area contributed by atoms with Gasteiger partial charge in [0.25, 0.3) is 0 Å². The monoisotopic (exact) mass is 236 g/mol. The van der Waals surface area contributed by atoms with Crippen molar-refractivity contribution in [2.75, 3.05) is 0 Å². The van der Waals surface area contributed by atoms with Crippen LogP contribution in [0.4, 0.5) is 0 Å². The molecule has 0 saturated heterocycles. The van der Waals surface area contributed by atoms with Gasteiger partial charge in [-0.25, -0.2) is 0 Å². The number of rotatable bonds is 3. The van der Waals surface area contributed by atoms with Crippen LogP contribution in [-0.2, 0) is 13.5 Å². The third-order valence-corrected chi connectivity index (χ3v) is 3.14. The Balaban J connectivity index is 2.39. The highest BCUT2D eigenvalue weighted by Crippen LogP contribution is 2.25. The third kappa shape index (κ3) is 2.23. The molecule has 0 amide bonds. The Morgan fingerprint density at radius 2 is 2.19 bits per heavy atom. The van der Waals surface area contributed by atoms with Gasteiger partial charge >= 0.3 is 0 Å². The van der Waals surface area contributed by atoms with Crippen LogP contribution >= 0.6 is 11.6 Å².